The van der Waals surface area contributed by atoms with Crippen LogP contribution >= 0.6 is 0 Å². The molecule has 0 aliphatic heterocycles. The molecule has 0 bridgehead atoms. The first-order valence-electron chi connectivity index (χ1n) is 8.35. The molecule has 4 rings (SSSR count). The Balaban J connectivity index is 1.60. The molecule has 0 unspecified atom stereocenters. The molecular formula is C19H16N4O4. The van der Waals surface area contributed by atoms with Crippen LogP contribution in [0.15, 0.2) is 62.6 Å². The predicted octanol–water partition coefficient (Wildman–Crippen LogP) is 1.99. The van der Waals surface area contributed by atoms with E-state index < -0.39 is 5.69 Å². The molecule has 8 nitrogen and oxygen atoms in total. The van der Waals surface area contributed by atoms with Crippen molar-refractivity contribution in [1.82, 2.24) is 19.7 Å². The number of H-pyrrole nitrogens is 1. The summed E-state index contributed by atoms with van der Waals surface area (Å²) in [4.78, 5) is 31.8. The molecule has 0 saturated heterocycles. The minimum atomic E-state index is -0.469. The number of rotatable bonds is 5. The number of hydrogen-bond donors (Lipinski definition) is 1. The summed E-state index contributed by atoms with van der Waals surface area (Å²) in [5, 5.41) is 4.42. The van der Waals surface area contributed by atoms with Gasteiger partial charge in [0, 0.05) is 13.0 Å². The first-order chi connectivity index (χ1) is 13.2. The summed E-state index contributed by atoms with van der Waals surface area (Å²) in [7, 11) is 1.57. The van der Waals surface area contributed by atoms with Crippen molar-refractivity contribution in [3.05, 3.63) is 75.3 Å². The Hall–Kier alpha value is -3.68. The third kappa shape index (κ3) is 3.12. The van der Waals surface area contributed by atoms with Gasteiger partial charge in [0.05, 0.1) is 23.6 Å². The third-order valence-corrected chi connectivity index (χ3v) is 4.25. The molecule has 2 heterocycles. The van der Waals surface area contributed by atoms with E-state index in [0.717, 1.165) is 4.57 Å². The van der Waals surface area contributed by atoms with Crippen LogP contribution in [0, 0.1) is 0 Å². The van der Waals surface area contributed by atoms with E-state index in [1.807, 2.05) is 18.2 Å². The number of fused-ring (bicyclic) bond motifs is 1. The average molecular weight is 364 g/mol. The van der Waals surface area contributed by atoms with E-state index >= 15 is 0 Å². The number of methoxy groups -OCH3 is 1. The van der Waals surface area contributed by atoms with E-state index in [0.29, 0.717) is 33.9 Å². The summed E-state index contributed by atoms with van der Waals surface area (Å²) in [5.41, 5.74) is 0.401. The SMILES string of the molecule is COc1ccccc1-c1noc(CCn2c(=O)[nH]c3ccccc3c2=O)n1. The normalized spacial score (nSPS) is 11.0. The molecular weight excluding hydrogens is 348 g/mol. The van der Waals surface area contributed by atoms with E-state index in [1.54, 1.807) is 37.4 Å². The van der Waals surface area contributed by atoms with Crippen LogP contribution in [0.1, 0.15) is 5.89 Å². The van der Waals surface area contributed by atoms with Gasteiger partial charge in [0.2, 0.25) is 11.7 Å². The first kappa shape index (κ1) is 16.8. The van der Waals surface area contributed by atoms with Gasteiger partial charge in [-0.25, -0.2) is 4.79 Å². The zero-order valence-corrected chi connectivity index (χ0v) is 14.5. The minimum Gasteiger partial charge on any atom is -0.496 e. The molecule has 2 aromatic heterocycles. The van der Waals surface area contributed by atoms with Gasteiger partial charge in [-0.15, -0.1) is 0 Å². The lowest BCUT2D eigenvalue weighted by Crippen LogP contribution is -2.35. The molecule has 1 N–H and O–H groups in total. The Morgan fingerprint density at radius 3 is 2.74 bits per heavy atom. The monoisotopic (exact) mass is 364 g/mol. The fourth-order valence-corrected chi connectivity index (χ4v) is 2.90. The molecule has 27 heavy (non-hydrogen) atoms. The second kappa shape index (κ2) is 6.91. The standard InChI is InChI=1S/C19H16N4O4/c1-26-15-9-5-3-7-13(15)17-21-16(27-22-17)10-11-23-18(24)12-6-2-4-8-14(12)20-19(23)25/h2-9H,10-11H2,1H3,(H,20,25). The highest BCUT2D eigenvalue weighted by molar-refractivity contribution is 5.76. The molecule has 0 aliphatic carbocycles. The number of ether oxygens (including phenoxy) is 1. The summed E-state index contributed by atoms with van der Waals surface area (Å²) in [6.45, 7) is 0.132. The topological polar surface area (TPSA) is 103 Å². The summed E-state index contributed by atoms with van der Waals surface area (Å²) in [5.74, 6) is 1.35. The van der Waals surface area contributed by atoms with Crippen molar-refractivity contribution in [2.75, 3.05) is 7.11 Å². The summed E-state index contributed by atoms with van der Waals surface area (Å²) >= 11 is 0. The Kier molecular flexibility index (Phi) is 4.29. The van der Waals surface area contributed by atoms with Gasteiger partial charge in [0.25, 0.3) is 5.56 Å². The van der Waals surface area contributed by atoms with Crippen molar-refractivity contribution < 1.29 is 9.26 Å². The maximum atomic E-state index is 12.5. The predicted molar refractivity (Wildman–Crippen MR) is 98.8 cm³/mol. The van der Waals surface area contributed by atoms with Gasteiger partial charge < -0.3 is 14.2 Å². The lowest BCUT2D eigenvalue weighted by atomic mass is 10.2. The lowest BCUT2D eigenvalue weighted by molar-refractivity contribution is 0.370. The quantitative estimate of drug-likeness (QED) is 0.581. The number of aromatic amines is 1. The van der Waals surface area contributed by atoms with E-state index in [-0.39, 0.29) is 18.5 Å². The Labute approximate surface area is 153 Å². The fourth-order valence-electron chi connectivity index (χ4n) is 2.90. The minimum absolute atomic E-state index is 0.132. The van der Waals surface area contributed by atoms with Crippen LogP contribution in [0.3, 0.4) is 0 Å². The molecule has 0 spiro atoms. The van der Waals surface area contributed by atoms with Crippen molar-refractivity contribution in [2.45, 2.75) is 13.0 Å². The number of benzene rings is 2. The van der Waals surface area contributed by atoms with Crippen LogP contribution < -0.4 is 16.0 Å². The second-order valence-electron chi connectivity index (χ2n) is 5.89. The maximum Gasteiger partial charge on any atom is 0.328 e. The van der Waals surface area contributed by atoms with Crippen molar-refractivity contribution in [2.24, 2.45) is 0 Å². The zero-order chi connectivity index (χ0) is 18.8. The average Bonchev–Trinajstić information content (AvgIpc) is 3.16. The van der Waals surface area contributed by atoms with Crippen molar-refractivity contribution in [1.29, 1.82) is 0 Å². The van der Waals surface area contributed by atoms with Crippen molar-refractivity contribution in [3.63, 3.8) is 0 Å². The van der Waals surface area contributed by atoms with Gasteiger partial charge in [-0.3, -0.25) is 9.36 Å². The summed E-state index contributed by atoms with van der Waals surface area (Å²) in [6, 6.07) is 14.2. The number of para-hydroxylation sites is 2. The van der Waals surface area contributed by atoms with E-state index in [1.165, 1.54) is 0 Å². The van der Waals surface area contributed by atoms with Crippen molar-refractivity contribution in [3.8, 4) is 17.1 Å². The zero-order valence-electron chi connectivity index (χ0n) is 14.5. The highest BCUT2D eigenvalue weighted by atomic mass is 16.5. The van der Waals surface area contributed by atoms with Gasteiger partial charge in [-0.1, -0.05) is 29.4 Å². The Morgan fingerprint density at radius 2 is 1.89 bits per heavy atom. The van der Waals surface area contributed by atoms with Crippen LogP contribution in [-0.4, -0.2) is 26.8 Å². The number of hydrogen-bond acceptors (Lipinski definition) is 6. The van der Waals surface area contributed by atoms with Crippen LogP contribution in [0.25, 0.3) is 22.3 Å². The number of nitrogens with one attached hydrogen (secondary N) is 1. The second-order valence-corrected chi connectivity index (χ2v) is 5.89. The largest absolute Gasteiger partial charge is 0.496 e. The first-order valence-corrected chi connectivity index (χ1v) is 8.35. The van der Waals surface area contributed by atoms with Gasteiger partial charge in [0.15, 0.2) is 0 Å². The number of aromatic nitrogens is 4. The van der Waals surface area contributed by atoms with Crippen LogP contribution in [0.2, 0.25) is 0 Å². The third-order valence-electron chi connectivity index (χ3n) is 4.25. The van der Waals surface area contributed by atoms with Crippen LogP contribution in [-0.2, 0) is 13.0 Å². The Bertz CT molecular complexity index is 1220. The molecule has 2 aromatic carbocycles. The van der Waals surface area contributed by atoms with Crippen LogP contribution in [0.5, 0.6) is 5.75 Å². The van der Waals surface area contributed by atoms with E-state index in [2.05, 4.69) is 15.1 Å². The van der Waals surface area contributed by atoms with Crippen molar-refractivity contribution >= 4 is 10.9 Å². The van der Waals surface area contributed by atoms with E-state index in [4.69, 9.17) is 9.26 Å². The molecule has 8 heteroatoms. The van der Waals surface area contributed by atoms with Gasteiger partial charge in [0.1, 0.15) is 5.75 Å². The molecule has 4 aromatic rings. The smallest absolute Gasteiger partial charge is 0.328 e. The lowest BCUT2D eigenvalue weighted by Gasteiger charge is -2.04. The molecule has 0 fully saturated rings. The molecule has 0 aliphatic rings. The van der Waals surface area contributed by atoms with Gasteiger partial charge >= 0.3 is 5.69 Å². The molecule has 0 saturated carbocycles. The van der Waals surface area contributed by atoms with Crippen LogP contribution in [0.4, 0.5) is 0 Å². The van der Waals surface area contributed by atoms with Gasteiger partial charge in [-0.2, -0.15) is 4.98 Å². The highest BCUT2D eigenvalue weighted by Crippen LogP contribution is 2.27. The van der Waals surface area contributed by atoms with E-state index in [9.17, 15) is 9.59 Å². The number of aryl methyl sites for hydroxylation is 1. The van der Waals surface area contributed by atoms with Gasteiger partial charge in [-0.05, 0) is 24.3 Å². The molecule has 0 radical (unpaired) electrons. The molecule has 0 atom stereocenters. The summed E-state index contributed by atoms with van der Waals surface area (Å²) < 4.78 is 11.7. The molecule has 136 valence electrons. The Morgan fingerprint density at radius 1 is 1.11 bits per heavy atom. The number of nitrogens with zero attached hydrogens (tertiary/aromatic N) is 3. The summed E-state index contributed by atoms with van der Waals surface area (Å²) in [6.07, 6.45) is 0.253. The highest BCUT2D eigenvalue weighted by Gasteiger charge is 2.14. The maximum absolute atomic E-state index is 12.5. The fraction of sp³-hybridized carbons (Fsp3) is 0.158. The molecule has 0 amide bonds.